The second-order valence-electron chi connectivity index (χ2n) is 5.10. The van der Waals surface area contributed by atoms with Gasteiger partial charge in [-0.1, -0.05) is 12.1 Å². The highest BCUT2D eigenvalue weighted by atomic mass is 16.5. The summed E-state index contributed by atoms with van der Waals surface area (Å²) in [5.74, 6) is 0.417. The van der Waals surface area contributed by atoms with Crippen LogP contribution in [0.15, 0.2) is 24.3 Å². The molecule has 0 aromatic heterocycles. The molecule has 0 aliphatic carbocycles. The molecule has 1 aliphatic heterocycles. The van der Waals surface area contributed by atoms with E-state index in [0.29, 0.717) is 11.3 Å². The molecule has 5 heteroatoms. The van der Waals surface area contributed by atoms with Crippen molar-refractivity contribution < 1.29 is 14.6 Å². The van der Waals surface area contributed by atoms with Crippen LogP contribution in [-0.4, -0.2) is 55.3 Å². The van der Waals surface area contributed by atoms with Crippen LogP contribution in [0.2, 0.25) is 0 Å². The largest absolute Gasteiger partial charge is 0.489 e. The molecule has 0 unspecified atom stereocenters. The number of para-hydroxylation sites is 1. The fraction of sp³-hybridized carbons (Fsp3) is 0.533. The van der Waals surface area contributed by atoms with E-state index in [0.717, 1.165) is 25.9 Å². The smallest absolute Gasteiger partial charge is 0.255 e. The molecule has 0 spiro atoms. The second-order valence-corrected chi connectivity index (χ2v) is 5.10. The Morgan fingerprint density at radius 2 is 2.10 bits per heavy atom. The van der Waals surface area contributed by atoms with Gasteiger partial charge in [-0.15, -0.1) is 0 Å². The first-order chi connectivity index (χ1) is 9.70. The van der Waals surface area contributed by atoms with Crippen molar-refractivity contribution in [2.75, 3.05) is 33.3 Å². The van der Waals surface area contributed by atoms with Gasteiger partial charge in [-0.2, -0.15) is 0 Å². The van der Waals surface area contributed by atoms with E-state index in [1.165, 1.54) is 0 Å². The zero-order chi connectivity index (χ0) is 14.4. The van der Waals surface area contributed by atoms with E-state index in [2.05, 4.69) is 17.3 Å². The first-order valence-electron chi connectivity index (χ1n) is 7.04. The lowest BCUT2D eigenvalue weighted by atomic mass is 10.1. The molecule has 1 saturated heterocycles. The van der Waals surface area contributed by atoms with Crippen molar-refractivity contribution in [1.82, 2.24) is 10.2 Å². The number of aliphatic hydroxyl groups excluding tert-OH is 1. The molecule has 1 aliphatic rings. The molecule has 0 atom stereocenters. The van der Waals surface area contributed by atoms with Crippen molar-refractivity contribution in [3.8, 4) is 5.75 Å². The van der Waals surface area contributed by atoms with E-state index in [-0.39, 0.29) is 25.2 Å². The summed E-state index contributed by atoms with van der Waals surface area (Å²) in [6, 6.07) is 7.26. The molecule has 1 heterocycles. The van der Waals surface area contributed by atoms with Gasteiger partial charge in [0, 0.05) is 19.6 Å². The monoisotopic (exact) mass is 278 g/mol. The topological polar surface area (TPSA) is 61.8 Å². The maximum Gasteiger partial charge on any atom is 0.255 e. The highest BCUT2D eigenvalue weighted by Gasteiger charge is 2.20. The minimum atomic E-state index is -0.206. The van der Waals surface area contributed by atoms with Crippen molar-refractivity contribution in [2.45, 2.75) is 18.9 Å². The SMILES string of the molecule is CN1CCC(Oc2ccccc2C(=O)NCCO)CC1. The maximum atomic E-state index is 12.0. The van der Waals surface area contributed by atoms with Crippen LogP contribution in [0.25, 0.3) is 0 Å². The standard InChI is InChI=1S/C15H22N2O3/c1-17-9-6-12(7-10-17)20-14-5-3-2-4-13(14)15(19)16-8-11-18/h2-5,12,18H,6-11H2,1H3,(H,16,19). The van der Waals surface area contributed by atoms with E-state index in [9.17, 15) is 4.79 Å². The lowest BCUT2D eigenvalue weighted by molar-refractivity contribution is 0.0919. The fourth-order valence-corrected chi connectivity index (χ4v) is 2.30. The number of ether oxygens (including phenoxy) is 1. The Morgan fingerprint density at radius 3 is 2.80 bits per heavy atom. The predicted molar refractivity (Wildman–Crippen MR) is 77.0 cm³/mol. The average Bonchev–Trinajstić information content (AvgIpc) is 2.48. The van der Waals surface area contributed by atoms with Gasteiger partial charge in [-0.3, -0.25) is 4.79 Å². The van der Waals surface area contributed by atoms with Gasteiger partial charge in [-0.25, -0.2) is 0 Å². The van der Waals surface area contributed by atoms with Crippen LogP contribution in [0, 0.1) is 0 Å². The second kappa shape index (κ2) is 7.26. The van der Waals surface area contributed by atoms with Gasteiger partial charge in [0.25, 0.3) is 5.91 Å². The van der Waals surface area contributed by atoms with Gasteiger partial charge in [-0.05, 0) is 32.0 Å². The Hall–Kier alpha value is -1.59. The highest BCUT2D eigenvalue weighted by molar-refractivity contribution is 5.96. The van der Waals surface area contributed by atoms with E-state index >= 15 is 0 Å². The van der Waals surface area contributed by atoms with Crippen LogP contribution in [0.1, 0.15) is 23.2 Å². The van der Waals surface area contributed by atoms with Crippen LogP contribution in [-0.2, 0) is 0 Å². The zero-order valence-corrected chi connectivity index (χ0v) is 11.8. The molecule has 110 valence electrons. The first-order valence-corrected chi connectivity index (χ1v) is 7.04. The van der Waals surface area contributed by atoms with Gasteiger partial charge < -0.3 is 20.1 Å². The van der Waals surface area contributed by atoms with Crippen LogP contribution in [0.5, 0.6) is 5.75 Å². The molecule has 5 nitrogen and oxygen atoms in total. The molecule has 1 aromatic carbocycles. The van der Waals surface area contributed by atoms with E-state index in [1.807, 2.05) is 18.2 Å². The summed E-state index contributed by atoms with van der Waals surface area (Å²) in [5, 5.41) is 11.4. The summed E-state index contributed by atoms with van der Waals surface area (Å²) in [5.41, 5.74) is 0.528. The van der Waals surface area contributed by atoms with Gasteiger partial charge in [0.05, 0.1) is 12.2 Å². The molecular weight excluding hydrogens is 256 g/mol. The highest BCUT2D eigenvalue weighted by Crippen LogP contribution is 2.22. The number of rotatable bonds is 5. The third-order valence-electron chi connectivity index (χ3n) is 3.49. The summed E-state index contributed by atoms with van der Waals surface area (Å²) in [7, 11) is 2.10. The van der Waals surface area contributed by atoms with Gasteiger partial charge in [0.15, 0.2) is 0 Å². The van der Waals surface area contributed by atoms with Crippen molar-refractivity contribution >= 4 is 5.91 Å². The molecule has 1 aromatic rings. The third kappa shape index (κ3) is 3.95. The number of nitrogens with one attached hydrogen (secondary N) is 1. The zero-order valence-electron chi connectivity index (χ0n) is 11.8. The van der Waals surface area contributed by atoms with Crippen molar-refractivity contribution in [1.29, 1.82) is 0 Å². The van der Waals surface area contributed by atoms with Crippen LogP contribution >= 0.6 is 0 Å². The number of piperidine rings is 1. The number of amides is 1. The third-order valence-corrected chi connectivity index (χ3v) is 3.49. The van der Waals surface area contributed by atoms with Gasteiger partial charge in [0.2, 0.25) is 0 Å². The molecule has 0 saturated carbocycles. The van der Waals surface area contributed by atoms with Crippen molar-refractivity contribution in [3.05, 3.63) is 29.8 Å². The summed E-state index contributed by atoms with van der Waals surface area (Å²) >= 11 is 0. The number of likely N-dealkylation sites (tertiary alicyclic amines) is 1. The van der Waals surface area contributed by atoms with Crippen LogP contribution in [0.4, 0.5) is 0 Å². The Labute approximate surface area is 119 Å². The van der Waals surface area contributed by atoms with Crippen molar-refractivity contribution in [3.63, 3.8) is 0 Å². The van der Waals surface area contributed by atoms with Crippen LogP contribution in [0.3, 0.4) is 0 Å². The molecule has 0 bridgehead atoms. The normalized spacial score (nSPS) is 16.9. The molecule has 20 heavy (non-hydrogen) atoms. The Bertz CT molecular complexity index is 442. The van der Waals surface area contributed by atoms with E-state index in [1.54, 1.807) is 6.07 Å². The lowest BCUT2D eigenvalue weighted by Gasteiger charge is -2.29. The number of carbonyl (C=O) groups is 1. The van der Waals surface area contributed by atoms with Gasteiger partial charge in [0.1, 0.15) is 11.9 Å². The number of benzene rings is 1. The van der Waals surface area contributed by atoms with Gasteiger partial charge >= 0.3 is 0 Å². The minimum Gasteiger partial charge on any atom is -0.489 e. The van der Waals surface area contributed by atoms with E-state index < -0.39 is 0 Å². The Balaban J connectivity index is 2.02. The fourth-order valence-electron chi connectivity index (χ4n) is 2.30. The summed E-state index contributed by atoms with van der Waals surface area (Å²) in [6.07, 6.45) is 2.12. The summed E-state index contributed by atoms with van der Waals surface area (Å²) in [6.45, 7) is 2.22. The lowest BCUT2D eigenvalue weighted by Crippen LogP contribution is -2.36. The molecule has 1 amide bonds. The molecule has 2 rings (SSSR count). The Kier molecular flexibility index (Phi) is 5.38. The predicted octanol–water partition coefficient (Wildman–Crippen LogP) is 0.882. The summed E-state index contributed by atoms with van der Waals surface area (Å²) in [4.78, 5) is 14.3. The molecule has 2 N–H and O–H groups in total. The minimum absolute atomic E-state index is 0.0658. The first kappa shape index (κ1) is 14.8. The van der Waals surface area contributed by atoms with E-state index in [4.69, 9.17) is 9.84 Å². The Morgan fingerprint density at radius 1 is 1.40 bits per heavy atom. The molecule has 1 fully saturated rings. The molecular formula is C15H22N2O3. The van der Waals surface area contributed by atoms with Crippen molar-refractivity contribution in [2.24, 2.45) is 0 Å². The molecule has 0 radical (unpaired) electrons. The maximum absolute atomic E-state index is 12.0. The number of aliphatic hydroxyl groups is 1. The average molecular weight is 278 g/mol. The number of hydrogen-bond donors (Lipinski definition) is 2. The quantitative estimate of drug-likeness (QED) is 0.839. The summed E-state index contributed by atoms with van der Waals surface area (Å²) < 4.78 is 5.99. The van der Waals surface area contributed by atoms with Crippen LogP contribution < -0.4 is 10.1 Å². The number of carbonyl (C=O) groups excluding carboxylic acids is 1. The number of nitrogens with zero attached hydrogens (tertiary/aromatic N) is 1. The number of hydrogen-bond acceptors (Lipinski definition) is 4.